The number of methoxy groups -OCH3 is 1. The number of halogens is 5. The molecule has 194 valence electrons. The highest BCUT2D eigenvalue weighted by Crippen LogP contribution is 2.42. The minimum Gasteiger partial charge on any atom is -0.478 e. The van der Waals surface area contributed by atoms with Crippen LogP contribution in [0.5, 0.6) is 5.88 Å². The first-order valence-electron chi connectivity index (χ1n) is 11.6. The summed E-state index contributed by atoms with van der Waals surface area (Å²) in [6.45, 7) is 3.46. The lowest BCUT2D eigenvalue weighted by atomic mass is 9.78. The van der Waals surface area contributed by atoms with Crippen molar-refractivity contribution in [1.82, 2.24) is 29.7 Å². The molecule has 14 heteroatoms. The molecule has 0 N–H and O–H groups in total. The minimum absolute atomic E-state index is 0.0497. The predicted molar refractivity (Wildman–Crippen MR) is 120 cm³/mol. The normalized spacial score (nSPS) is 18.1. The number of rotatable bonds is 5. The zero-order chi connectivity index (χ0) is 25.7. The van der Waals surface area contributed by atoms with E-state index in [4.69, 9.17) is 4.74 Å². The second-order valence-electron chi connectivity index (χ2n) is 9.33. The molecular weight excluding hydrogens is 487 g/mol. The van der Waals surface area contributed by atoms with Gasteiger partial charge in [0.2, 0.25) is 5.82 Å². The van der Waals surface area contributed by atoms with E-state index in [9.17, 15) is 22.0 Å². The molecule has 9 nitrogen and oxygen atoms in total. The van der Waals surface area contributed by atoms with Crippen molar-refractivity contribution in [2.24, 2.45) is 5.41 Å². The standard InChI is InChI=1S/C22H25F5N8O/c1-13-9-15(31-20(29-13)22(25,26)27)34-8-5-21(12-34)3-6-33(7-4-21)16-10-28-17-18(30-16)35(11-14(23)24)32-19(17)36-2/h9-10,14H,3-8,11-12H2,1-2H3. The Balaban J connectivity index is 1.30. The molecule has 0 bridgehead atoms. The molecule has 0 amide bonds. The second-order valence-corrected chi connectivity index (χ2v) is 9.33. The van der Waals surface area contributed by atoms with Crippen molar-refractivity contribution in [1.29, 1.82) is 0 Å². The molecule has 36 heavy (non-hydrogen) atoms. The summed E-state index contributed by atoms with van der Waals surface area (Å²) in [5.41, 5.74) is 0.780. The van der Waals surface area contributed by atoms with E-state index in [-0.39, 0.29) is 22.6 Å². The predicted octanol–water partition coefficient (Wildman–Crippen LogP) is 3.71. The molecule has 0 unspecified atom stereocenters. The Bertz CT molecular complexity index is 1260. The number of nitrogens with zero attached hydrogens (tertiary/aromatic N) is 8. The van der Waals surface area contributed by atoms with Crippen LogP contribution in [-0.2, 0) is 12.7 Å². The smallest absolute Gasteiger partial charge is 0.451 e. The number of aryl methyl sites for hydroxylation is 1. The van der Waals surface area contributed by atoms with Gasteiger partial charge in [0.05, 0.1) is 13.3 Å². The van der Waals surface area contributed by atoms with Gasteiger partial charge in [-0.25, -0.2) is 33.4 Å². The van der Waals surface area contributed by atoms with E-state index in [1.54, 1.807) is 12.3 Å². The summed E-state index contributed by atoms with van der Waals surface area (Å²) in [6.07, 6.45) is -3.16. The SMILES string of the molecule is COc1nn(CC(F)F)c2nc(N3CCC4(CCN(c5cc(C)nc(C(F)(F)F)n5)C4)CC3)cnc12. The summed E-state index contributed by atoms with van der Waals surface area (Å²) in [5, 5.41) is 4.04. The number of piperidine rings is 1. The number of hydrogen-bond acceptors (Lipinski definition) is 8. The Morgan fingerprint density at radius 3 is 2.36 bits per heavy atom. The molecule has 5 heterocycles. The summed E-state index contributed by atoms with van der Waals surface area (Å²) in [4.78, 5) is 20.2. The Morgan fingerprint density at radius 2 is 1.72 bits per heavy atom. The molecule has 3 aromatic rings. The molecule has 2 saturated heterocycles. The maximum atomic E-state index is 13.2. The monoisotopic (exact) mass is 512 g/mol. The van der Waals surface area contributed by atoms with E-state index < -0.39 is 25.0 Å². The third-order valence-corrected chi connectivity index (χ3v) is 6.91. The third kappa shape index (κ3) is 4.60. The molecule has 1 spiro atoms. The van der Waals surface area contributed by atoms with Crippen LogP contribution in [-0.4, -0.2) is 69.4 Å². The second kappa shape index (κ2) is 8.96. The Hall–Kier alpha value is -3.32. The van der Waals surface area contributed by atoms with Crippen molar-refractivity contribution in [2.75, 3.05) is 43.1 Å². The van der Waals surface area contributed by atoms with Crippen molar-refractivity contribution >= 4 is 22.8 Å². The highest BCUT2D eigenvalue weighted by molar-refractivity contribution is 5.77. The molecular formula is C22H25F5N8O. The van der Waals surface area contributed by atoms with Crippen molar-refractivity contribution in [3.8, 4) is 5.88 Å². The van der Waals surface area contributed by atoms with Crippen LogP contribution in [0.1, 0.15) is 30.8 Å². The van der Waals surface area contributed by atoms with Crippen LogP contribution in [0.2, 0.25) is 0 Å². The lowest BCUT2D eigenvalue weighted by molar-refractivity contribution is -0.145. The zero-order valence-corrected chi connectivity index (χ0v) is 19.8. The van der Waals surface area contributed by atoms with Gasteiger partial charge in [-0.1, -0.05) is 0 Å². The van der Waals surface area contributed by atoms with Gasteiger partial charge in [0.15, 0.2) is 11.2 Å². The summed E-state index contributed by atoms with van der Waals surface area (Å²) in [6, 6.07) is 1.59. The van der Waals surface area contributed by atoms with Crippen LogP contribution >= 0.6 is 0 Å². The molecule has 0 radical (unpaired) electrons. The number of fused-ring (bicyclic) bond motifs is 1. The highest BCUT2D eigenvalue weighted by Gasteiger charge is 2.42. The van der Waals surface area contributed by atoms with E-state index in [0.717, 1.165) is 23.9 Å². The van der Waals surface area contributed by atoms with Crippen molar-refractivity contribution < 1.29 is 26.7 Å². The molecule has 0 saturated carbocycles. The van der Waals surface area contributed by atoms with Gasteiger partial charge in [-0.2, -0.15) is 13.2 Å². The van der Waals surface area contributed by atoms with Gasteiger partial charge in [-0.15, -0.1) is 5.10 Å². The molecule has 2 fully saturated rings. The van der Waals surface area contributed by atoms with E-state index in [2.05, 4.69) is 25.0 Å². The van der Waals surface area contributed by atoms with Gasteiger partial charge in [-0.05, 0) is 31.6 Å². The zero-order valence-electron chi connectivity index (χ0n) is 19.8. The minimum atomic E-state index is -4.60. The quantitative estimate of drug-likeness (QED) is 0.479. The maximum Gasteiger partial charge on any atom is 0.451 e. The Kier molecular flexibility index (Phi) is 6.07. The van der Waals surface area contributed by atoms with Gasteiger partial charge >= 0.3 is 6.18 Å². The fourth-order valence-electron chi connectivity index (χ4n) is 5.04. The Labute approximate surface area is 203 Å². The Morgan fingerprint density at radius 1 is 1.03 bits per heavy atom. The lowest BCUT2D eigenvalue weighted by Gasteiger charge is -2.39. The summed E-state index contributed by atoms with van der Waals surface area (Å²) in [5.74, 6) is -0.120. The highest BCUT2D eigenvalue weighted by atomic mass is 19.4. The van der Waals surface area contributed by atoms with Crippen LogP contribution < -0.4 is 14.5 Å². The summed E-state index contributed by atoms with van der Waals surface area (Å²) < 4.78 is 71.8. The molecule has 2 aliphatic heterocycles. The number of alkyl halides is 5. The first kappa shape index (κ1) is 24.4. The van der Waals surface area contributed by atoms with Crippen LogP contribution in [0.25, 0.3) is 11.2 Å². The van der Waals surface area contributed by atoms with E-state index in [1.165, 1.54) is 14.0 Å². The summed E-state index contributed by atoms with van der Waals surface area (Å²) >= 11 is 0. The van der Waals surface area contributed by atoms with Crippen LogP contribution in [0.3, 0.4) is 0 Å². The maximum absolute atomic E-state index is 13.2. The van der Waals surface area contributed by atoms with Crippen LogP contribution in [0.4, 0.5) is 33.6 Å². The largest absolute Gasteiger partial charge is 0.478 e. The van der Waals surface area contributed by atoms with Crippen molar-refractivity contribution in [3.63, 3.8) is 0 Å². The molecule has 0 aliphatic carbocycles. The summed E-state index contributed by atoms with van der Waals surface area (Å²) in [7, 11) is 1.39. The van der Waals surface area contributed by atoms with E-state index in [0.29, 0.717) is 43.3 Å². The van der Waals surface area contributed by atoms with E-state index >= 15 is 0 Å². The van der Waals surface area contributed by atoms with Crippen molar-refractivity contribution in [2.45, 2.75) is 45.3 Å². The van der Waals surface area contributed by atoms with Gasteiger partial charge in [-0.3, -0.25) is 0 Å². The van der Waals surface area contributed by atoms with Crippen LogP contribution in [0.15, 0.2) is 12.3 Å². The number of ether oxygens (including phenoxy) is 1. The number of hydrogen-bond donors (Lipinski definition) is 0. The molecule has 2 aliphatic rings. The molecule has 0 aromatic carbocycles. The fourth-order valence-corrected chi connectivity index (χ4v) is 5.04. The molecule has 3 aromatic heterocycles. The van der Waals surface area contributed by atoms with Gasteiger partial charge in [0.1, 0.15) is 18.2 Å². The van der Waals surface area contributed by atoms with Crippen LogP contribution in [0, 0.1) is 12.3 Å². The molecule has 5 rings (SSSR count). The first-order valence-corrected chi connectivity index (χ1v) is 11.6. The number of aromatic nitrogens is 6. The first-order chi connectivity index (χ1) is 17.1. The van der Waals surface area contributed by atoms with Gasteiger partial charge in [0.25, 0.3) is 12.3 Å². The lowest BCUT2D eigenvalue weighted by Crippen LogP contribution is -2.42. The van der Waals surface area contributed by atoms with Crippen molar-refractivity contribution in [3.05, 3.63) is 23.8 Å². The fraction of sp³-hybridized carbons (Fsp3) is 0.591. The topological polar surface area (TPSA) is 85.1 Å². The average molecular weight is 512 g/mol. The van der Waals surface area contributed by atoms with E-state index in [1.807, 2.05) is 9.80 Å². The van der Waals surface area contributed by atoms with Gasteiger partial charge < -0.3 is 14.5 Å². The van der Waals surface area contributed by atoms with Gasteiger partial charge in [0, 0.05) is 37.9 Å². The molecule has 0 atom stereocenters. The third-order valence-electron chi connectivity index (χ3n) is 6.91. The number of anilines is 2. The average Bonchev–Trinajstić information content (AvgIpc) is 3.39.